The van der Waals surface area contributed by atoms with Crippen LogP contribution in [0.25, 0.3) is 0 Å². The van der Waals surface area contributed by atoms with E-state index in [1.54, 1.807) is 18.6 Å². The minimum absolute atomic E-state index is 0.224. The van der Waals surface area contributed by atoms with Gasteiger partial charge in [-0.15, -0.1) is 0 Å². The highest BCUT2D eigenvalue weighted by Gasteiger charge is 2.71. The van der Waals surface area contributed by atoms with Gasteiger partial charge in [0.05, 0.1) is 30.0 Å². The number of hydrogen-bond acceptors (Lipinski definition) is 6. The van der Waals surface area contributed by atoms with Crippen molar-refractivity contribution in [1.82, 2.24) is 0 Å². The molecule has 0 amide bonds. The first kappa shape index (κ1) is 15.9. The summed E-state index contributed by atoms with van der Waals surface area (Å²) in [7, 11) is 0. The summed E-state index contributed by atoms with van der Waals surface area (Å²) >= 11 is 0. The smallest absolute Gasteiger partial charge is 0.334 e. The third-order valence-corrected chi connectivity index (χ3v) is 6.93. The SMILES string of the molecule is C=C1CC2OC(=O)C3=CCC[C@H]([C@@]14C[C@@H](c1ccoc1)OC4=O)[C@]32CO. The molecule has 5 atom stereocenters. The van der Waals surface area contributed by atoms with Crippen molar-refractivity contribution in [3.05, 3.63) is 48.0 Å². The minimum Gasteiger partial charge on any atom is -0.472 e. The topological polar surface area (TPSA) is 86.0 Å². The third kappa shape index (κ3) is 1.66. The van der Waals surface area contributed by atoms with Crippen molar-refractivity contribution in [1.29, 1.82) is 0 Å². The average molecular weight is 356 g/mol. The molecule has 0 aromatic carbocycles. The van der Waals surface area contributed by atoms with Crippen LogP contribution >= 0.6 is 0 Å². The lowest BCUT2D eigenvalue weighted by molar-refractivity contribution is -0.158. The van der Waals surface area contributed by atoms with E-state index in [-0.39, 0.29) is 24.5 Å². The minimum atomic E-state index is -0.908. The molecule has 1 aromatic rings. The Morgan fingerprint density at radius 2 is 2.15 bits per heavy atom. The van der Waals surface area contributed by atoms with Crippen LogP contribution in [-0.4, -0.2) is 29.8 Å². The lowest BCUT2D eigenvalue weighted by Gasteiger charge is -2.53. The lowest BCUT2D eigenvalue weighted by atomic mass is 9.47. The molecule has 4 aliphatic rings. The summed E-state index contributed by atoms with van der Waals surface area (Å²) in [5.74, 6) is -0.955. The molecule has 0 bridgehead atoms. The predicted molar refractivity (Wildman–Crippen MR) is 88.6 cm³/mol. The summed E-state index contributed by atoms with van der Waals surface area (Å²) in [5, 5.41) is 10.4. The molecule has 136 valence electrons. The number of ether oxygens (including phenoxy) is 2. The first-order valence-corrected chi connectivity index (χ1v) is 8.98. The second-order valence-corrected chi connectivity index (χ2v) is 7.77. The fourth-order valence-corrected chi connectivity index (χ4v) is 5.73. The summed E-state index contributed by atoms with van der Waals surface area (Å²) in [6.45, 7) is 3.97. The van der Waals surface area contributed by atoms with Crippen molar-refractivity contribution in [3.63, 3.8) is 0 Å². The zero-order chi connectivity index (χ0) is 18.1. The number of carbonyl (C=O) groups is 2. The molecule has 2 aliphatic heterocycles. The Kier molecular flexibility index (Phi) is 3.11. The van der Waals surface area contributed by atoms with Crippen molar-refractivity contribution in [3.8, 4) is 0 Å². The van der Waals surface area contributed by atoms with E-state index < -0.39 is 23.0 Å². The summed E-state index contributed by atoms with van der Waals surface area (Å²) < 4.78 is 16.5. The number of aliphatic hydroxyl groups is 1. The van der Waals surface area contributed by atoms with Gasteiger partial charge in [0.1, 0.15) is 12.2 Å². The standard InChI is InChI=1S/C20H20O6/c1-11-7-16-20(10-21)13(17(22)26-16)3-2-4-15(20)19(11)8-14(25-18(19)23)12-5-6-24-9-12/h3,5-6,9,14-16,21H,1-2,4,7-8,10H2/t14-,15+,16?,19+,20-/m0/s1. The number of allylic oxidation sites excluding steroid dienone is 1. The zero-order valence-electron chi connectivity index (χ0n) is 14.3. The first-order valence-electron chi connectivity index (χ1n) is 8.98. The van der Waals surface area contributed by atoms with Crippen LogP contribution < -0.4 is 0 Å². The van der Waals surface area contributed by atoms with Crippen molar-refractivity contribution < 1.29 is 28.6 Å². The van der Waals surface area contributed by atoms with Crippen molar-refractivity contribution >= 4 is 11.9 Å². The molecule has 5 rings (SSSR count). The Morgan fingerprint density at radius 1 is 1.31 bits per heavy atom. The van der Waals surface area contributed by atoms with Crippen LogP contribution in [-0.2, 0) is 19.1 Å². The number of fused-ring (bicyclic) bond motifs is 1. The molecule has 2 aliphatic carbocycles. The van der Waals surface area contributed by atoms with Gasteiger partial charge in [-0.05, 0) is 24.8 Å². The lowest BCUT2D eigenvalue weighted by Crippen LogP contribution is -2.58. The van der Waals surface area contributed by atoms with Gasteiger partial charge in [0.15, 0.2) is 0 Å². The van der Waals surface area contributed by atoms with Crippen LogP contribution in [0.5, 0.6) is 0 Å². The van der Waals surface area contributed by atoms with E-state index in [9.17, 15) is 14.7 Å². The molecular weight excluding hydrogens is 336 g/mol. The Bertz CT molecular complexity index is 836. The monoisotopic (exact) mass is 356 g/mol. The molecule has 6 heteroatoms. The van der Waals surface area contributed by atoms with Crippen LogP contribution in [0.4, 0.5) is 0 Å². The number of rotatable bonds is 2. The molecule has 6 nitrogen and oxygen atoms in total. The molecule has 0 radical (unpaired) electrons. The quantitative estimate of drug-likeness (QED) is 0.647. The fourth-order valence-electron chi connectivity index (χ4n) is 5.73. The normalized spacial score (nSPS) is 41.0. The highest BCUT2D eigenvalue weighted by atomic mass is 16.6. The maximum absolute atomic E-state index is 13.2. The van der Waals surface area contributed by atoms with Crippen LogP contribution in [0.2, 0.25) is 0 Å². The number of esters is 2. The third-order valence-electron chi connectivity index (χ3n) is 6.93. The first-order chi connectivity index (χ1) is 12.5. The Morgan fingerprint density at radius 3 is 2.88 bits per heavy atom. The van der Waals surface area contributed by atoms with Crippen molar-refractivity contribution in [2.45, 2.75) is 37.9 Å². The molecule has 1 N–H and O–H groups in total. The number of furan rings is 1. The van der Waals surface area contributed by atoms with Crippen molar-refractivity contribution in [2.24, 2.45) is 16.7 Å². The van der Waals surface area contributed by atoms with E-state index in [2.05, 4.69) is 6.58 Å². The van der Waals surface area contributed by atoms with Crippen molar-refractivity contribution in [2.75, 3.05) is 6.61 Å². The molecule has 3 heterocycles. The van der Waals surface area contributed by atoms with Gasteiger partial charge in [-0.2, -0.15) is 0 Å². The van der Waals surface area contributed by atoms with Gasteiger partial charge < -0.3 is 19.0 Å². The van der Waals surface area contributed by atoms with Gasteiger partial charge in [-0.3, -0.25) is 4.79 Å². The summed E-state index contributed by atoms with van der Waals surface area (Å²) in [5.41, 5.74) is 0.319. The largest absolute Gasteiger partial charge is 0.472 e. The summed E-state index contributed by atoms with van der Waals surface area (Å²) in [4.78, 5) is 25.6. The summed E-state index contributed by atoms with van der Waals surface area (Å²) in [6.07, 6.45) is 6.31. The molecule has 2 saturated heterocycles. The average Bonchev–Trinajstić information content (AvgIpc) is 3.33. The second kappa shape index (κ2) is 5.10. The maximum atomic E-state index is 13.2. The van der Waals surface area contributed by atoms with E-state index in [0.717, 1.165) is 11.1 Å². The highest BCUT2D eigenvalue weighted by Crippen LogP contribution is 2.67. The van der Waals surface area contributed by atoms with Gasteiger partial charge in [0, 0.05) is 24.0 Å². The molecular formula is C20H20O6. The Balaban J connectivity index is 1.64. The predicted octanol–water partition coefficient (Wildman–Crippen LogP) is 2.45. The van der Waals surface area contributed by atoms with Gasteiger partial charge in [-0.1, -0.05) is 18.2 Å². The Hall–Kier alpha value is -2.34. The van der Waals surface area contributed by atoms with Gasteiger partial charge in [0.2, 0.25) is 0 Å². The fraction of sp³-hybridized carbons (Fsp3) is 0.500. The molecule has 1 unspecified atom stereocenters. The van der Waals surface area contributed by atoms with E-state index >= 15 is 0 Å². The van der Waals surface area contributed by atoms with E-state index in [4.69, 9.17) is 13.9 Å². The molecule has 1 aromatic heterocycles. The van der Waals surface area contributed by atoms with Gasteiger partial charge in [-0.25, -0.2) is 4.79 Å². The van der Waals surface area contributed by atoms with E-state index in [1.807, 2.05) is 6.08 Å². The Labute approximate surface area is 150 Å². The van der Waals surface area contributed by atoms with Crippen LogP contribution in [0, 0.1) is 16.7 Å². The van der Waals surface area contributed by atoms with Crippen LogP contribution in [0.15, 0.2) is 46.8 Å². The van der Waals surface area contributed by atoms with Crippen LogP contribution in [0.1, 0.15) is 37.4 Å². The van der Waals surface area contributed by atoms with E-state index in [0.29, 0.717) is 31.3 Å². The second-order valence-electron chi connectivity index (χ2n) is 7.77. The molecule has 1 saturated carbocycles. The molecule has 26 heavy (non-hydrogen) atoms. The number of hydrogen-bond donors (Lipinski definition) is 1. The number of aliphatic hydroxyl groups excluding tert-OH is 1. The molecule has 1 spiro atoms. The number of carbonyl (C=O) groups excluding carboxylic acids is 2. The highest BCUT2D eigenvalue weighted by molar-refractivity contribution is 5.95. The molecule has 3 fully saturated rings. The van der Waals surface area contributed by atoms with Gasteiger partial charge >= 0.3 is 11.9 Å². The van der Waals surface area contributed by atoms with E-state index in [1.165, 1.54) is 0 Å². The van der Waals surface area contributed by atoms with Gasteiger partial charge in [0.25, 0.3) is 0 Å². The number of cyclic esters (lactones) is 1. The summed E-state index contributed by atoms with van der Waals surface area (Å²) in [6, 6.07) is 1.79. The maximum Gasteiger partial charge on any atom is 0.334 e. The van der Waals surface area contributed by atoms with Crippen LogP contribution in [0.3, 0.4) is 0 Å². The zero-order valence-corrected chi connectivity index (χ0v) is 14.3.